The van der Waals surface area contributed by atoms with E-state index in [2.05, 4.69) is 39.6 Å². The van der Waals surface area contributed by atoms with Crippen molar-refractivity contribution in [2.75, 3.05) is 7.11 Å². The SMILES string of the molecule is COc1ccc(C(=O)NC(=S)N(Cc2cccc3[nH]ccc23)Cc2cccc3[nH]ccc23)cc1. The highest BCUT2D eigenvalue weighted by atomic mass is 32.1. The van der Waals surface area contributed by atoms with E-state index < -0.39 is 0 Å². The van der Waals surface area contributed by atoms with E-state index in [1.165, 1.54) is 0 Å². The Bertz CT molecular complexity index is 1390. The third kappa shape index (κ3) is 4.38. The Hall–Kier alpha value is -4.10. The number of ether oxygens (including phenoxy) is 1. The maximum atomic E-state index is 12.9. The van der Waals surface area contributed by atoms with Crippen molar-refractivity contribution in [3.8, 4) is 5.75 Å². The van der Waals surface area contributed by atoms with Crippen LogP contribution in [-0.4, -0.2) is 33.0 Å². The van der Waals surface area contributed by atoms with E-state index in [1.54, 1.807) is 31.4 Å². The van der Waals surface area contributed by atoms with Gasteiger partial charge in [0.05, 0.1) is 7.11 Å². The van der Waals surface area contributed by atoms with Crippen LogP contribution in [0.4, 0.5) is 0 Å². The van der Waals surface area contributed by atoms with Gasteiger partial charge in [0.2, 0.25) is 0 Å². The molecule has 0 fully saturated rings. The van der Waals surface area contributed by atoms with Crippen molar-refractivity contribution in [1.29, 1.82) is 0 Å². The van der Waals surface area contributed by atoms with Crippen molar-refractivity contribution in [2.24, 2.45) is 0 Å². The van der Waals surface area contributed by atoms with Gasteiger partial charge in [0.15, 0.2) is 5.11 Å². The van der Waals surface area contributed by atoms with Crippen LogP contribution in [0.1, 0.15) is 21.5 Å². The molecule has 7 heteroatoms. The van der Waals surface area contributed by atoms with Crippen molar-refractivity contribution in [1.82, 2.24) is 20.2 Å². The molecule has 0 atom stereocenters. The zero-order valence-electron chi connectivity index (χ0n) is 18.7. The number of nitrogens with zero attached hydrogens (tertiary/aromatic N) is 1. The van der Waals surface area contributed by atoms with E-state index in [-0.39, 0.29) is 5.91 Å². The fourth-order valence-electron chi connectivity index (χ4n) is 4.18. The quantitative estimate of drug-likeness (QED) is 0.293. The predicted octanol–water partition coefficient (Wildman–Crippen LogP) is 5.37. The van der Waals surface area contributed by atoms with Crippen LogP contribution in [0.15, 0.2) is 85.2 Å². The summed E-state index contributed by atoms with van der Waals surface area (Å²) in [5.41, 5.74) is 4.90. The Morgan fingerprint density at radius 1 is 0.853 bits per heavy atom. The predicted molar refractivity (Wildman–Crippen MR) is 139 cm³/mol. The van der Waals surface area contributed by atoms with Crippen LogP contribution in [-0.2, 0) is 13.1 Å². The normalized spacial score (nSPS) is 11.0. The van der Waals surface area contributed by atoms with Gasteiger partial charge in [0, 0.05) is 52.9 Å². The largest absolute Gasteiger partial charge is 0.497 e. The van der Waals surface area contributed by atoms with E-state index in [0.29, 0.717) is 29.5 Å². The van der Waals surface area contributed by atoms with E-state index >= 15 is 0 Å². The minimum absolute atomic E-state index is 0.252. The van der Waals surface area contributed by atoms with Crippen molar-refractivity contribution < 1.29 is 9.53 Å². The number of amides is 1. The minimum atomic E-state index is -0.252. The highest BCUT2D eigenvalue weighted by Gasteiger charge is 2.18. The lowest BCUT2D eigenvalue weighted by Gasteiger charge is -2.26. The highest BCUT2D eigenvalue weighted by molar-refractivity contribution is 7.80. The van der Waals surface area contributed by atoms with E-state index in [4.69, 9.17) is 17.0 Å². The number of fused-ring (bicyclic) bond motifs is 2. The topological polar surface area (TPSA) is 73.2 Å². The summed E-state index contributed by atoms with van der Waals surface area (Å²) in [6.07, 6.45) is 3.87. The number of aromatic nitrogens is 2. The molecule has 2 aromatic heterocycles. The number of thiocarbonyl (C=S) groups is 1. The molecule has 0 radical (unpaired) electrons. The fraction of sp³-hybridized carbons (Fsp3) is 0.111. The zero-order valence-corrected chi connectivity index (χ0v) is 19.5. The second-order valence-corrected chi connectivity index (χ2v) is 8.44. The molecule has 0 spiro atoms. The van der Waals surface area contributed by atoms with Gasteiger partial charge in [-0.2, -0.15) is 0 Å². The number of carbonyl (C=O) groups is 1. The monoisotopic (exact) mass is 468 g/mol. The Morgan fingerprint density at radius 2 is 1.41 bits per heavy atom. The average Bonchev–Trinajstić information content (AvgIpc) is 3.54. The van der Waals surface area contributed by atoms with Crippen LogP contribution in [0.25, 0.3) is 21.8 Å². The number of benzene rings is 3. The van der Waals surface area contributed by atoms with Gasteiger partial charge in [-0.25, -0.2) is 0 Å². The summed E-state index contributed by atoms with van der Waals surface area (Å²) >= 11 is 5.76. The maximum absolute atomic E-state index is 12.9. The van der Waals surface area contributed by atoms with Crippen molar-refractivity contribution in [3.05, 3.63) is 102 Å². The molecule has 0 unspecified atom stereocenters. The Morgan fingerprint density at radius 3 is 1.94 bits per heavy atom. The summed E-state index contributed by atoms with van der Waals surface area (Å²) < 4.78 is 5.19. The van der Waals surface area contributed by atoms with Crippen LogP contribution in [0, 0.1) is 0 Å². The summed E-state index contributed by atoms with van der Waals surface area (Å²) in [5, 5.41) is 5.57. The third-order valence-corrected chi connectivity index (χ3v) is 6.31. The summed E-state index contributed by atoms with van der Waals surface area (Å²) in [4.78, 5) is 21.5. The molecule has 3 N–H and O–H groups in total. The lowest BCUT2D eigenvalue weighted by Crippen LogP contribution is -2.42. The second-order valence-electron chi connectivity index (χ2n) is 8.06. The number of hydrogen-bond acceptors (Lipinski definition) is 3. The van der Waals surface area contributed by atoms with Crippen LogP contribution in [0.3, 0.4) is 0 Å². The molecule has 5 rings (SSSR count). The van der Waals surface area contributed by atoms with Crippen molar-refractivity contribution in [3.63, 3.8) is 0 Å². The summed E-state index contributed by atoms with van der Waals surface area (Å²) in [7, 11) is 1.60. The van der Waals surface area contributed by atoms with Crippen LogP contribution >= 0.6 is 12.2 Å². The first-order valence-electron chi connectivity index (χ1n) is 11.0. The van der Waals surface area contributed by atoms with Gasteiger partial charge < -0.3 is 19.6 Å². The van der Waals surface area contributed by atoms with E-state index in [0.717, 1.165) is 32.9 Å². The number of carbonyl (C=O) groups excluding carboxylic acids is 1. The fourth-order valence-corrected chi connectivity index (χ4v) is 4.40. The molecule has 34 heavy (non-hydrogen) atoms. The first-order chi connectivity index (χ1) is 16.6. The number of methoxy groups -OCH3 is 1. The van der Waals surface area contributed by atoms with Crippen LogP contribution in [0.5, 0.6) is 5.75 Å². The first kappa shape index (κ1) is 21.7. The molecule has 6 nitrogen and oxygen atoms in total. The van der Waals surface area contributed by atoms with Crippen molar-refractivity contribution >= 4 is 45.0 Å². The molecule has 0 bridgehead atoms. The molecule has 0 saturated carbocycles. The lowest BCUT2D eigenvalue weighted by atomic mass is 10.1. The Labute approximate surface area is 202 Å². The number of hydrogen-bond donors (Lipinski definition) is 3. The Balaban J connectivity index is 1.44. The van der Waals surface area contributed by atoms with Gasteiger partial charge in [0.1, 0.15) is 5.75 Å². The number of aromatic amines is 2. The Kier molecular flexibility index (Phi) is 6.01. The first-order valence-corrected chi connectivity index (χ1v) is 11.4. The van der Waals surface area contributed by atoms with Gasteiger partial charge >= 0.3 is 0 Å². The molecule has 170 valence electrons. The maximum Gasteiger partial charge on any atom is 0.257 e. The number of nitrogens with one attached hydrogen (secondary N) is 3. The molecular formula is C27H24N4O2S. The smallest absolute Gasteiger partial charge is 0.257 e. The molecule has 0 aliphatic heterocycles. The summed E-state index contributed by atoms with van der Waals surface area (Å²) in [6, 6.07) is 23.4. The average molecular weight is 469 g/mol. The van der Waals surface area contributed by atoms with Gasteiger partial charge in [0.25, 0.3) is 5.91 Å². The van der Waals surface area contributed by atoms with Crippen molar-refractivity contribution in [2.45, 2.75) is 13.1 Å². The van der Waals surface area contributed by atoms with Crippen LogP contribution in [0.2, 0.25) is 0 Å². The number of rotatable bonds is 6. The van der Waals surface area contributed by atoms with Crippen LogP contribution < -0.4 is 10.1 Å². The molecule has 3 aromatic carbocycles. The van der Waals surface area contributed by atoms with Gasteiger partial charge in [-0.15, -0.1) is 0 Å². The molecule has 0 aliphatic rings. The molecule has 0 saturated heterocycles. The van der Waals surface area contributed by atoms with Gasteiger partial charge in [-0.3, -0.25) is 10.1 Å². The lowest BCUT2D eigenvalue weighted by molar-refractivity contribution is 0.0972. The highest BCUT2D eigenvalue weighted by Crippen LogP contribution is 2.23. The van der Waals surface area contributed by atoms with E-state index in [9.17, 15) is 4.79 Å². The molecule has 0 aliphatic carbocycles. The number of H-pyrrole nitrogens is 2. The minimum Gasteiger partial charge on any atom is -0.497 e. The standard InChI is InChI=1S/C27H24N4O2S/c1-33-21-10-8-18(9-11-21)26(32)30-27(34)31(16-19-4-2-6-24-22(19)12-14-28-24)17-20-5-3-7-25-23(20)13-15-29-25/h2-15,28-29H,16-17H2,1H3,(H,30,32,34). The molecular weight excluding hydrogens is 444 g/mol. The third-order valence-electron chi connectivity index (χ3n) is 5.95. The van der Waals surface area contributed by atoms with Gasteiger partial charge in [-0.1, -0.05) is 24.3 Å². The summed E-state index contributed by atoms with van der Waals surface area (Å²) in [5.74, 6) is 0.442. The molecule has 1 amide bonds. The molecule has 5 aromatic rings. The zero-order chi connectivity index (χ0) is 23.5. The second kappa shape index (κ2) is 9.41. The van der Waals surface area contributed by atoms with E-state index in [1.807, 2.05) is 41.6 Å². The van der Waals surface area contributed by atoms with Gasteiger partial charge in [-0.05, 0) is 71.9 Å². The molecule has 2 heterocycles. The summed E-state index contributed by atoms with van der Waals surface area (Å²) in [6.45, 7) is 1.11.